The van der Waals surface area contributed by atoms with Crippen LogP contribution >= 0.6 is 0 Å². The zero-order chi connectivity index (χ0) is 21.7. The summed E-state index contributed by atoms with van der Waals surface area (Å²) < 4.78 is 0. The van der Waals surface area contributed by atoms with Gasteiger partial charge in [0, 0.05) is 23.8 Å². The van der Waals surface area contributed by atoms with E-state index in [-0.39, 0.29) is 5.41 Å². The highest BCUT2D eigenvalue weighted by molar-refractivity contribution is 5.76. The van der Waals surface area contributed by atoms with E-state index in [0.717, 1.165) is 24.7 Å². The van der Waals surface area contributed by atoms with Gasteiger partial charge >= 0.3 is 0 Å². The molecule has 31 heavy (non-hydrogen) atoms. The number of amides is 1. The quantitative estimate of drug-likeness (QED) is 0.359. The summed E-state index contributed by atoms with van der Waals surface area (Å²) in [5.74, 6) is 2.45. The molecule has 4 aliphatic rings. The number of allylic oxidation sites excluding steroid dienone is 5. The maximum atomic E-state index is 13.0. The number of hydrogen-bond acceptors (Lipinski definition) is 1. The maximum absolute atomic E-state index is 13.0. The zero-order valence-electron chi connectivity index (χ0n) is 20.1. The standard InChI is InChI=1S/C29H45NO/c1-3-4-5-6-7-8-9-10-17-27(31)30-26-21-29(2)20-13-16-25(29)24-19-18-22-14-11-12-15-23(22)28(24)26/h13,16,19-20,22-23,26,28H,3-12,14-15,17-18,21H2,1-2H3,(H,30,31)/t22?,23-,26-,28+,29-/m0/s1. The Morgan fingerprint density at radius 2 is 1.81 bits per heavy atom. The fourth-order valence-electron chi connectivity index (χ4n) is 7.12. The summed E-state index contributed by atoms with van der Waals surface area (Å²) in [6.45, 7) is 4.65. The van der Waals surface area contributed by atoms with Crippen LogP contribution in [-0.2, 0) is 4.79 Å². The minimum atomic E-state index is 0.111. The Labute approximate surface area is 191 Å². The third kappa shape index (κ3) is 5.20. The third-order valence-corrected chi connectivity index (χ3v) is 8.76. The molecule has 2 nitrogen and oxygen atoms in total. The highest BCUT2D eigenvalue weighted by Crippen LogP contribution is 2.56. The first-order valence-electron chi connectivity index (χ1n) is 13.5. The first kappa shape index (κ1) is 22.9. The van der Waals surface area contributed by atoms with Gasteiger partial charge in [-0.3, -0.25) is 4.79 Å². The first-order chi connectivity index (χ1) is 15.1. The molecule has 0 aliphatic heterocycles. The lowest BCUT2D eigenvalue weighted by Gasteiger charge is -2.52. The monoisotopic (exact) mass is 423 g/mol. The summed E-state index contributed by atoms with van der Waals surface area (Å²) in [5.41, 5.74) is 3.25. The van der Waals surface area contributed by atoms with E-state index in [1.807, 2.05) is 0 Å². The average molecular weight is 424 g/mol. The SMILES string of the molecule is CCCCCCCCCCC(=O)N[C@H]1C[C@]2(C)C=CC=C2C2=CCC3CCCC[C@@H]3[C@H]21. The van der Waals surface area contributed by atoms with Crippen molar-refractivity contribution in [1.82, 2.24) is 5.32 Å². The van der Waals surface area contributed by atoms with Crippen LogP contribution in [0, 0.1) is 23.2 Å². The van der Waals surface area contributed by atoms with Crippen molar-refractivity contribution in [2.24, 2.45) is 23.2 Å². The van der Waals surface area contributed by atoms with Crippen LogP contribution in [0.4, 0.5) is 0 Å². The predicted molar refractivity (Wildman–Crippen MR) is 131 cm³/mol. The van der Waals surface area contributed by atoms with Gasteiger partial charge in [-0.1, -0.05) is 95.9 Å². The molecule has 4 aliphatic carbocycles. The van der Waals surface area contributed by atoms with E-state index in [0.29, 0.717) is 24.3 Å². The molecule has 2 heteroatoms. The van der Waals surface area contributed by atoms with Crippen molar-refractivity contribution >= 4 is 5.91 Å². The second-order valence-corrected chi connectivity index (χ2v) is 11.1. The second kappa shape index (κ2) is 10.5. The average Bonchev–Trinajstić information content (AvgIpc) is 3.16. The third-order valence-electron chi connectivity index (χ3n) is 8.76. The normalized spacial score (nSPS) is 33.7. The number of unbranched alkanes of at least 4 members (excludes halogenated alkanes) is 7. The van der Waals surface area contributed by atoms with Gasteiger partial charge in [0.05, 0.1) is 0 Å². The van der Waals surface area contributed by atoms with Gasteiger partial charge in [-0.25, -0.2) is 0 Å². The van der Waals surface area contributed by atoms with Crippen LogP contribution in [0.5, 0.6) is 0 Å². The van der Waals surface area contributed by atoms with Gasteiger partial charge in [-0.2, -0.15) is 0 Å². The van der Waals surface area contributed by atoms with Crippen LogP contribution in [-0.4, -0.2) is 11.9 Å². The van der Waals surface area contributed by atoms with Gasteiger partial charge in [0.15, 0.2) is 0 Å². The molecule has 0 bridgehead atoms. The molecule has 2 fully saturated rings. The van der Waals surface area contributed by atoms with Crippen LogP contribution in [0.1, 0.15) is 110 Å². The molecule has 4 rings (SSSR count). The van der Waals surface area contributed by atoms with Crippen LogP contribution in [0.2, 0.25) is 0 Å². The number of nitrogens with one attached hydrogen (secondary N) is 1. The minimum absolute atomic E-state index is 0.111. The summed E-state index contributed by atoms with van der Waals surface area (Å²) in [5, 5.41) is 3.57. The summed E-state index contributed by atoms with van der Waals surface area (Å²) in [7, 11) is 0. The Balaban J connectivity index is 1.34. The van der Waals surface area contributed by atoms with E-state index in [1.54, 1.807) is 11.1 Å². The lowest BCUT2D eigenvalue weighted by Crippen LogP contribution is -2.52. The topological polar surface area (TPSA) is 29.1 Å². The number of carbonyl (C=O) groups excluding carboxylic acids is 1. The predicted octanol–water partition coefficient (Wildman–Crippen LogP) is 7.66. The Hall–Kier alpha value is -1.31. The molecule has 0 radical (unpaired) electrons. The van der Waals surface area contributed by atoms with Gasteiger partial charge in [0.2, 0.25) is 5.91 Å². The molecule has 172 valence electrons. The minimum Gasteiger partial charge on any atom is -0.353 e. The van der Waals surface area contributed by atoms with Gasteiger partial charge < -0.3 is 5.32 Å². The van der Waals surface area contributed by atoms with Gasteiger partial charge in [-0.05, 0) is 55.1 Å². The number of rotatable bonds is 10. The Kier molecular flexibility index (Phi) is 7.77. The van der Waals surface area contributed by atoms with Crippen molar-refractivity contribution in [3.05, 3.63) is 35.5 Å². The fraction of sp³-hybridized carbons (Fsp3) is 0.759. The van der Waals surface area contributed by atoms with E-state index in [1.165, 1.54) is 77.0 Å². The van der Waals surface area contributed by atoms with E-state index in [2.05, 4.69) is 43.5 Å². The molecule has 1 unspecified atom stereocenters. The van der Waals surface area contributed by atoms with Crippen molar-refractivity contribution in [3.63, 3.8) is 0 Å². The molecular formula is C29H45NO. The van der Waals surface area contributed by atoms with Crippen LogP contribution in [0.15, 0.2) is 35.5 Å². The van der Waals surface area contributed by atoms with Crippen molar-refractivity contribution in [3.8, 4) is 0 Å². The number of carbonyl (C=O) groups is 1. The van der Waals surface area contributed by atoms with Crippen molar-refractivity contribution in [1.29, 1.82) is 0 Å². The van der Waals surface area contributed by atoms with Gasteiger partial charge in [-0.15, -0.1) is 0 Å². The summed E-state index contributed by atoms with van der Waals surface area (Å²) in [6, 6.07) is 0.309. The van der Waals surface area contributed by atoms with Crippen molar-refractivity contribution < 1.29 is 4.79 Å². The van der Waals surface area contributed by atoms with Crippen LogP contribution in [0.3, 0.4) is 0 Å². The highest BCUT2D eigenvalue weighted by Gasteiger charge is 2.50. The van der Waals surface area contributed by atoms with E-state index >= 15 is 0 Å². The molecule has 0 aromatic rings. The fourth-order valence-corrected chi connectivity index (χ4v) is 7.12. The molecule has 0 heterocycles. The maximum Gasteiger partial charge on any atom is 0.220 e. The van der Waals surface area contributed by atoms with Crippen molar-refractivity contribution in [2.75, 3.05) is 0 Å². The molecule has 0 aromatic heterocycles. The molecular weight excluding hydrogens is 378 g/mol. The van der Waals surface area contributed by atoms with Crippen LogP contribution in [0.25, 0.3) is 0 Å². The second-order valence-electron chi connectivity index (χ2n) is 11.1. The van der Waals surface area contributed by atoms with Crippen LogP contribution < -0.4 is 5.32 Å². The Morgan fingerprint density at radius 1 is 1.06 bits per heavy atom. The molecule has 2 saturated carbocycles. The summed E-state index contributed by atoms with van der Waals surface area (Å²) in [6.07, 6.45) is 28.4. The molecule has 1 amide bonds. The van der Waals surface area contributed by atoms with E-state index in [4.69, 9.17) is 0 Å². The Morgan fingerprint density at radius 3 is 2.61 bits per heavy atom. The number of fused-ring (bicyclic) bond motifs is 5. The summed E-state index contributed by atoms with van der Waals surface area (Å²) >= 11 is 0. The highest BCUT2D eigenvalue weighted by atomic mass is 16.1. The van der Waals surface area contributed by atoms with Crippen molar-refractivity contribution in [2.45, 2.75) is 116 Å². The molecule has 5 atom stereocenters. The molecule has 0 spiro atoms. The molecule has 0 aromatic carbocycles. The lowest BCUT2D eigenvalue weighted by molar-refractivity contribution is -0.122. The number of hydrogen-bond donors (Lipinski definition) is 1. The van der Waals surface area contributed by atoms with Gasteiger partial charge in [0.1, 0.15) is 0 Å². The molecule has 0 saturated heterocycles. The molecule has 1 N–H and O–H groups in total. The van der Waals surface area contributed by atoms with E-state index < -0.39 is 0 Å². The largest absolute Gasteiger partial charge is 0.353 e. The zero-order valence-corrected chi connectivity index (χ0v) is 20.1. The smallest absolute Gasteiger partial charge is 0.220 e. The first-order valence-corrected chi connectivity index (χ1v) is 13.5. The summed E-state index contributed by atoms with van der Waals surface area (Å²) in [4.78, 5) is 13.0. The van der Waals surface area contributed by atoms with E-state index in [9.17, 15) is 4.79 Å². The van der Waals surface area contributed by atoms with Gasteiger partial charge in [0.25, 0.3) is 0 Å². The lowest BCUT2D eigenvalue weighted by atomic mass is 9.55. The Bertz CT molecular complexity index is 716.